The predicted octanol–water partition coefficient (Wildman–Crippen LogP) is 3.38. The Balaban J connectivity index is 1.86. The zero-order chi connectivity index (χ0) is 20.5. The minimum atomic E-state index is -3.80. The summed E-state index contributed by atoms with van der Waals surface area (Å²) in [6.45, 7) is 5.81. The lowest BCUT2D eigenvalue weighted by atomic mass is 10.1. The smallest absolute Gasteiger partial charge is 0.329 e. The van der Waals surface area contributed by atoms with Gasteiger partial charge in [-0.25, -0.2) is 13.2 Å². The van der Waals surface area contributed by atoms with E-state index < -0.39 is 22.0 Å². The van der Waals surface area contributed by atoms with Crippen molar-refractivity contribution < 1.29 is 22.7 Å². The standard InChI is InChI=1S/C21H25NO5S/c1-14-12-15(2)20(16(3)13-14)28(24,25)22-11-5-6-19(22)21(23)27-18-9-7-17(26-4)8-10-18/h7-10,12-13,19H,5-6,11H2,1-4H3. The Kier molecular flexibility index (Phi) is 5.76. The molecule has 1 heterocycles. The lowest BCUT2D eigenvalue weighted by Crippen LogP contribution is -2.42. The number of esters is 1. The molecule has 0 bridgehead atoms. The van der Waals surface area contributed by atoms with E-state index in [-0.39, 0.29) is 4.90 Å². The van der Waals surface area contributed by atoms with Crippen molar-refractivity contribution in [1.82, 2.24) is 4.31 Å². The Morgan fingerprint density at radius 1 is 1.04 bits per heavy atom. The third-order valence-corrected chi connectivity index (χ3v) is 7.14. The molecule has 2 aromatic rings. The van der Waals surface area contributed by atoms with Crippen LogP contribution in [-0.2, 0) is 14.8 Å². The average molecular weight is 404 g/mol. The zero-order valence-corrected chi connectivity index (χ0v) is 17.4. The van der Waals surface area contributed by atoms with Crippen molar-refractivity contribution in [3.8, 4) is 11.5 Å². The number of rotatable bonds is 5. The van der Waals surface area contributed by atoms with E-state index in [0.29, 0.717) is 42.0 Å². The van der Waals surface area contributed by atoms with Gasteiger partial charge in [-0.05, 0) is 69.0 Å². The van der Waals surface area contributed by atoms with Crippen LogP contribution in [0.4, 0.5) is 0 Å². The molecule has 2 aromatic carbocycles. The third-order valence-electron chi connectivity index (χ3n) is 4.92. The van der Waals surface area contributed by atoms with Crippen LogP contribution in [0.1, 0.15) is 29.5 Å². The van der Waals surface area contributed by atoms with Crippen LogP contribution in [-0.4, -0.2) is 38.4 Å². The second-order valence-electron chi connectivity index (χ2n) is 7.10. The summed E-state index contributed by atoms with van der Waals surface area (Å²) in [5.74, 6) is 0.446. The first-order valence-corrected chi connectivity index (χ1v) is 10.6. The number of ether oxygens (including phenoxy) is 2. The second kappa shape index (κ2) is 7.93. The van der Waals surface area contributed by atoms with Gasteiger partial charge >= 0.3 is 5.97 Å². The van der Waals surface area contributed by atoms with Crippen LogP contribution in [0.3, 0.4) is 0 Å². The molecule has 1 atom stereocenters. The number of carbonyl (C=O) groups excluding carboxylic acids is 1. The molecule has 6 nitrogen and oxygen atoms in total. The molecule has 1 unspecified atom stereocenters. The van der Waals surface area contributed by atoms with Crippen molar-refractivity contribution in [3.05, 3.63) is 53.1 Å². The van der Waals surface area contributed by atoms with Crippen LogP contribution in [0, 0.1) is 20.8 Å². The Morgan fingerprint density at radius 2 is 1.61 bits per heavy atom. The Labute approximate surface area is 166 Å². The van der Waals surface area contributed by atoms with Gasteiger partial charge in [0.2, 0.25) is 10.0 Å². The summed E-state index contributed by atoms with van der Waals surface area (Å²) < 4.78 is 38.5. The van der Waals surface area contributed by atoms with Crippen molar-refractivity contribution in [2.75, 3.05) is 13.7 Å². The number of methoxy groups -OCH3 is 1. The van der Waals surface area contributed by atoms with E-state index in [4.69, 9.17) is 9.47 Å². The number of sulfonamides is 1. The largest absolute Gasteiger partial charge is 0.497 e. The summed E-state index contributed by atoms with van der Waals surface area (Å²) in [7, 11) is -2.25. The minimum absolute atomic E-state index is 0.280. The van der Waals surface area contributed by atoms with Gasteiger partial charge in [-0.2, -0.15) is 4.31 Å². The lowest BCUT2D eigenvalue weighted by Gasteiger charge is -2.24. The summed E-state index contributed by atoms with van der Waals surface area (Å²) in [5, 5.41) is 0. The topological polar surface area (TPSA) is 72.9 Å². The summed E-state index contributed by atoms with van der Waals surface area (Å²) in [5.41, 5.74) is 2.38. The van der Waals surface area contributed by atoms with Gasteiger partial charge in [-0.1, -0.05) is 17.7 Å². The van der Waals surface area contributed by atoms with Crippen LogP contribution >= 0.6 is 0 Å². The highest BCUT2D eigenvalue weighted by atomic mass is 32.2. The van der Waals surface area contributed by atoms with E-state index in [0.717, 1.165) is 5.56 Å². The van der Waals surface area contributed by atoms with Gasteiger partial charge in [0.15, 0.2) is 0 Å². The van der Waals surface area contributed by atoms with E-state index in [1.807, 2.05) is 19.1 Å². The van der Waals surface area contributed by atoms with E-state index in [1.54, 1.807) is 45.2 Å². The van der Waals surface area contributed by atoms with Gasteiger partial charge in [0, 0.05) is 6.54 Å². The summed E-state index contributed by atoms with van der Waals surface area (Å²) >= 11 is 0. The molecular weight excluding hydrogens is 378 g/mol. The number of hydrogen-bond acceptors (Lipinski definition) is 5. The first-order chi connectivity index (χ1) is 13.2. The third kappa shape index (κ3) is 3.91. The molecule has 1 saturated heterocycles. The molecule has 1 aliphatic rings. The number of nitrogens with zero attached hydrogens (tertiary/aromatic N) is 1. The monoisotopic (exact) mass is 403 g/mol. The molecule has 0 aliphatic carbocycles. The molecule has 0 aromatic heterocycles. The normalized spacial score (nSPS) is 17.5. The Bertz CT molecular complexity index is 959. The van der Waals surface area contributed by atoms with Gasteiger partial charge in [0.05, 0.1) is 12.0 Å². The van der Waals surface area contributed by atoms with Gasteiger partial charge in [0.25, 0.3) is 0 Å². The first-order valence-electron chi connectivity index (χ1n) is 9.19. The number of hydrogen-bond donors (Lipinski definition) is 0. The lowest BCUT2D eigenvalue weighted by molar-refractivity contribution is -0.137. The fourth-order valence-electron chi connectivity index (χ4n) is 3.78. The SMILES string of the molecule is COc1ccc(OC(=O)C2CCCN2S(=O)(=O)c2c(C)cc(C)cc2C)cc1. The highest BCUT2D eigenvalue weighted by Gasteiger charge is 2.41. The molecule has 0 saturated carbocycles. The van der Waals surface area contributed by atoms with Crippen molar-refractivity contribution in [2.24, 2.45) is 0 Å². The maximum absolute atomic E-state index is 13.3. The van der Waals surface area contributed by atoms with E-state index >= 15 is 0 Å². The summed E-state index contributed by atoms with van der Waals surface area (Å²) in [6, 6.07) is 9.49. The molecule has 7 heteroatoms. The van der Waals surface area contributed by atoms with Gasteiger partial charge in [0.1, 0.15) is 17.5 Å². The van der Waals surface area contributed by atoms with E-state index in [1.165, 1.54) is 4.31 Å². The number of benzene rings is 2. The van der Waals surface area contributed by atoms with Crippen molar-refractivity contribution in [2.45, 2.75) is 44.6 Å². The quantitative estimate of drug-likeness (QED) is 0.565. The molecule has 1 aliphatic heterocycles. The maximum atomic E-state index is 13.3. The minimum Gasteiger partial charge on any atom is -0.497 e. The van der Waals surface area contributed by atoms with Crippen molar-refractivity contribution >= 4 is 16.0 Å². The molecule has 0 radical (unpaired) electrons. The Morgan fingerprint density at radius 3 is 2.18 bits per heavy atom. The van der Waals surface area contributed by atoms with Crippen LogP contribution in [0.15, 0.2) is 41.3 Å². The van der Waals surface area contributed by atoms with Gasteiger partial charge < -0.3 is 9.47 Å². The van der Waals surface area contributed by atoms with Crippen molar-refractivity contribution in [3.63, 3.8) is 0 Å². The van der Waals surface area contributed by atoms with Crippen LogP contribution in [0.25, 0.3) is 0 Å². The van der Waals surface area contributed by atoms with E-state index in [2.05, 4.69) is 0 Å². The van der Waals surface area contributed by atoms with Crippen molar-refractivity contribution in [1.29, 1.82) is 0 Å². The fourth-order valence-corrected chi connectivity index (χ4v) is 5.84. The molecule has 3 rings (SSSR count). The van der Waals surface area contributed by atoms with Gasteiger partial charge in [-0.15, -0.1) is 0 Å². The molecule has 0 spiro atoms. The van der Waals surface area contributed by atoms with Gasteiger partial charge in [-0.3, -0.25) is 0 Å². The highest BCUT2D eigenvalue weighted by Crippen LogP contribution is 2.31. The molecule has 1 fully saturated rings. The predicted molar refractivity (Wildman–Crippen MR) is 106 cm³/mol. The molecular formula is C21H25NO5S. The fraction of sp³-hybridized carbons (Fsp3) is 0.381. The maximum Gasteiger partial charge on any atom is 0.329 e. The second-order valence-corrected chi connectivity index (χ2v) is 8.93. The van der Waals surface area contributed by atoms with Crippen LogP contribution in [0.2, 0.25) is 0 Å². The zero-order valence-electron chi connectivity index (χ0n) is 16.6. The average Bonchev–Trinajstić information content (AvgIpc) is 3.12. The summed E-state index contributed by atoms with van der Waals surface area (Å²) in [6.07, 6.45) is 1.06. The molecule has 0 N–H and O–H groups in total. The molecule has 28 heavy (non-hydrogen) atoms. The Hall–Kier alpha value is -2.38. The van der Waals surface area contributed by atoms with Crippen LogP contribution in [0.5, 0.6) is 11.5 Å². The summed E-state index contributed by atoms with van der Waals surface area (Å²) in [4.78, 5) is 13.0. The highest BCUT2D eigenvalue weighted by molar-refractivity contribution is 7.89. The molecule has 0 amide bonds. The molecule has 150 valence electrons. The van der Waals surface area contributed by atoms with E-state index in [9.17, 15) is 13.2 Å². The van der Waals surface area contributed by atoms with Crippen LogP contribution < -0.4 is 9.47 Å². The first kappa shape index (κ1) is 20.4. The number of aryl methyl sites for hydroxylation is 3. The number of carbonyl (C=O) groups is 1.